The lowest BCUT2D eigenvalue weighted by atomic mass is 10.2. The molecule has 1 heterocycles. The van der Waals surface area contributed by atoms with Gasteiger partial charge in [-0.25, -0.2) is 9.18 Å². The number of carbonyl (C=O) groups excluding carboxylic acids is 1. The van der Waals surface area contributed by atoms with Crippen LogP contribution in [-0.4, -0.2) is 11.0 Å². The second-order valence-electron chi connectivity index (χ2n) is 4.34. The number of nitrogens with one attached hydrogen (secondary N) is 3. The molecule has 0 aliphatic heterocycles. The number of amides is 2. The van der Waals surface area contributed by atoms with Crippen LogP contribution in [0.3, 0.4) is 0 Å². The monoisotopic (exact) mass is 269 g/mol. The summed E-state index contributed by atoms with van der Waals surface area (Å²) in [4.78, 5) is 14.9. The normalized spacial score (nSPS) is 10.4. The quantitative estimate of drug-likeness (QED) is 0.648. The van der Waals surface area contributed by atoms with Gasteiger partial charge in [0.25, 0.3) is 0 Å². The van der Waals surface area contributed by atoms with Crippen molar-refractivity contribution < 1.29 is 9.18 Å². The van der Waals surface area contributed by atoms with Crippen molar-refractivity contribution in [3.63, 3.8) is 0 Å². The molecule has 2 aromatic carbocycles. The molecule has 2 amide bonds. The Morgan fingerprint density at radius 2 is 1.90 bits per heavy atom. The molecule has 0 unspecified atom stereocenters. The van der Waals surface area contributed by atoms with Crippen LogP contribution >= 0.6 is 0 Å². The Kier molecular flexibility index (Phi) is 3.09. The number of para-hydroxylation sites is 1. The third kappa shape index (κ3) is 2.47. The van der Waals surface area contributed by atoms with Crippen molar-refractivity contribution in [1.82, 2.24) is 4.98 Å². The number of carbonyl (C=O) groups is 1. The number of hydrogen-bond acceptors (Lipinski definition) is 1. The summed E-state index contributed by atoms with van der Waals surface area (Å²) in [5.41, 5.74) is 1.70. The summed E-state index contributed by atoms with van der Waals surface area (Å²) in [5.74, 6) is -0.470. The molecular weight excluding hydrogens is 257 g/mol. The number of hydrogen-bond donors (Lipinski definition) is 3. The van der Waals surface area contributed by atoms with E-state index in [1.165, 1.54) is 12.1 Å². The maximum Gasteiger partial charge on any atom is 0.323 e. The lowest BCUT2D eigenvalue weighted by Gasteiger charge is -2.08. The summed E-state index contributed by atoms with van der Waals surface area (Å²) in [6, 6.07) is 13.0. The molecule has 0 saturated carbocycles. The van der Waals surface area contributed by atoms with Gasteiger partial charge < -0.3 is 15.6 Å². The van der Waals surface area contributed by atoms with Crippen LogP contribution in [0.2, 0.25) is 0 Å². The first-order valence-corrected chi connectivity index (χ1v) is 6.12. The highest BCUT2D eigenvalue weighted by Gasteiger charge is 2.06. The number of anilines is 2. The molecule has 0 aliphatic rings. The number of aromatic amines is 1. The van der Waals surface area contributed by atoms with Crippen molar-refractivity contribution in [3.05, 3.63) is 60.5 Å². The minimum Gasteiger partial charge on any atom is -0.361 e. The Labute approximate surface area is 114 Å². The van der Waals surface area contributed by atoms with E-state index in [1.54, 1.807) is 18.2 Å². The predicted molar refractivity (Wildman–Crippen MR) is 77.3 cm³/mol. The van der Waals surface area contributed by atoms with Crippen molar-refractivity contribution in [3.8, 4) is 0 Å². The van der Waals surface area contributed by atoms with Gasteiger partial charge in [0.15, 0.2) is 0 Å². The second-order valence-corrected chi connectivity index (χ2v) is 4.34. The van der Waals surface area contributed by atoms with Gasteiger partial charge >= 0.3 is 6.03 Å². The smallest absolute Gasteiger partial charge is 0.323 e. The number of rotatable bonds is 2. The van der Waals surface area contributed by atoms with Crippen molar-refractivity contribution in [2.24, 2.45) is 0 Å². The molecule has 3 rings (SSSR count). The third-order valence-electron chi connectivity index (χ3n) is 2.93. The van der Waals surface area contributed by atoms with Crippen LogP contribution in [0, 0.1) is 5.82 Å². The van der Waals surface area contributed by atoms with Crippen molar-refractivity contribution in [2.45, 2.75) is 0 Å². The fourth-order valence-electron chi connectivity index (χ4n) is 1.97. The third-order valence-corrected chi connectivity index (χ3v) is 2.93. The Morgan fingerprint density at radius 1 is 1.05 bits per heavy atom. The molecule has 0 fully saturated rings. The topological polar surface area (TPSA) is 56.9 Å². The molecule has 5 heteroatoms. The van der Waals surface area contributed by atoms with E-state index in [4.69, 9.17) is 0 Å². The van der Waals surface area contributed by atoms with Crippen LogP contribution in [0.1, 0.15) is 0 Å². The van der Waals surface area contributed by atoms with Gasteiger partial charge in [0.05, 0.1) is 5.69 Å². The minimum atomic E-state index is -0.485. The lowest BCUT2D eigenvalue weighted by molar-refractivity contribution is 0.262. The van der Waals surface area contributed by atoms with Crippen LogP contribution in [0.5, 0.6) is 0 Å². The molecule has 0 saturated heterocycles. The average Bonchev–Trinajstić information content (AvgIpc) is 2.89. The first-order chi connectivity index (χ1) is 9.72. The predicted octanol–water partition coefficient (Wildman–Crippen LogP) is 3.95. The van der Waals surface area contributed by atoms with E-state index >= 15 is 0 Å². The molecule has 1 aromatic heterocycles. The molecule has 3 aromatic rings. The van der Waals surface area contributed by atoms with Crippen molar-refractivity contribution in [2.75, 3.05) is 10.6 Å². The summed E-state index contributed by atoms with van der Waals surface area (Å²) in [5, 5.41) is 6.19. The first kappa shape index (κ1) is 12.2. The Balaban J connectivity index is 1.74. The number of halogens is 1. The SMILES string of the molecule is O=C(Nc1ccc2cc[nH]c2c1)Nc1ccccc1F. The molecule has 20 heavy (non-hydrogen) atoms. The molecule has 0 aliphatic carbocycles. The Hall–Kier alpha value is -2.82. The Morgan fingerprint density at radius 3 is 2.75 bits per heavy atom. The number of H-pyrrole nitrogens is 1. The highest BCUT2D eigenvalue weighted by Crippen LogP contribution is 2.18. The van der Waals surface area contributed by atoms with Crippen molar-refractivity contribution >= 4 is 28.3 Å². The lowest BCUT2D eigenvalue weighted by Crippen LogP contribution is -2.20. The molecule has 3 N–H and O–H groups in total. The maximum absolute atomic E-state index is 13.4. The fraction of sp³-hybridized carbons (Fsp3) is 0. The zero-order valence-corrected chi connectivity index (χ0v) is 10.5. The van der Waals surface area contributed by atoms with Gasteiger partial charge in [0, 0.05) is 17.4 Å². The van der Waals surface area contributed by atoms with Gasteiger partial charge in [-0.3, -0.25) is 0 Å². The van der Waals surface area contributed by atoms with Gasteiger partial charge in [-0.15, -0.1) is 0 Å². The number of benzene rings is 2. The second kappa shape index (κ2) is 5.05. The van der Waals surface area contributed by atoms with Gasteiger partial charge in [0.1, 0.15) is 5.82 Å². The summed E-state index contributed by atoms with van der Waals surface area (Å²) in [6.45, 7) is 0. The van der Waals surface area contributed by atoms with E-state index in [9.17, 15) is 9.18 Å². The van der Waals surface area contributed by atoms with Crippen molar-refractivity contribution in [1.29, 1.82) is 0 Å². The summed E-state index contributed by atoms with van der Waals surface area (Å²) >= 11 is 0. The van der Waals surface area contributed by atoms with Crippen LogP contribution in [0.4, 0.5) is 20.6 Å². The molecule has 0 radical (unpaired) electrons. The molecular formula is C15H12FN3O. The summed E-state index contributed by atoms with van der Waals surface area (Å²) < 4.78 is 13.4. The standard InChI is InChI=1S/C15H12FN3O/c16-12-3-1-2-4-13(12)19-15(20)18-11-6-5-10-7-8-17-14(10)9-11/h1-9,17H,(H2,18,19,20). The van der Waals surface area contributed by atoms with Gasteiger partial charge in [-0.2, -0.15) is 0 Å². The highest BCUT2D eigenvalue weighted by molar-refractivity contribution is 6.00. The van der Waals surface area contributed by atoms with Crippen LogP contribution in [0.25, 0.3) is 10.9 Å². The van der Waals surface area contributed by atoms with E-state index in [1.807, 2.05) is 24.4 Å². The van der Waals surface area contributed by atoms with E-state index < -0.39 is 11.8 Å². The van der Waals surface area contributed by atoms with E-state index in [0.29, 0.717) is 5.69 Å². The van der Waals surface area contributed by atoms with Crippen LogP contribution < -0.4 is 10.6 Å². The molecule has 0 atom stereocenters. The van der Waals surface area contributed by atoms with Crippen LogP contribution in [0.15, 0.2) is 54.7 Å². The minimum absolute atomic E-state index is 0.144. The first-order valence-electron chi connectivity index (χ1n) is 6.12. The fourth-order valence-corrected chi connectivity index (χ4v) is 1.97. The van der Waals surface area contributed by atoms with Crippen LogP contribution in [-0.2, 0) is 0 Å². The molecule has 4 nitrogen and oxygen atoms in total. The molecule has 0 spiro atoms. The van der Waals surface area contributed by atoms with E-state index in [-0.39, 0.29) is 5.69 Å². The summed E-state index contributed by atoms with van der Waals surface area (Å²) in [7, 11) is 0. The molecule has 0 bridgehead atoms. The zero-order chi connectivity index (χ0) is 13.9. The number of aromatic nitrogens is 1. The average molecular weight is 269 g/mol. The van der Waals surface area contributed by atoms with Gasteiger partial charge in [-0.05, 0) is 35.7 Å². The zero-order valence-electron chi connectivity index (χ0n) is 10.5. The number of urea groups is 1. The maximum atomic E-state index is 13.4. The molecule has 100 valence electrons. The Bertz CT molecular complexity index is 766. The summed E-state index contributed by atoms with van der Waals surface area (Å²) in [6.07, 6.45) is 1.83. The van der Waals surface area contributed by atoms with Gasteiger partial charge in [-0.1, -0.05) is 18.2 Å². The van der Waals surface area contributed by atoms with E-state index in [0.717, 1.165) is 10.9 Å². The highest BCUT2D eigenvalue weighted by atomic mass is 19.1. The van der Waals surface area contributed by atoms with Gasteiger partial charge in [0.2, 0.25) is 0 Å². The van der Waals surface area contributed by atoms with E-state index in [2.05, 4.69) is 15.6 Å². The number of fused-ring (bicyclic) bond motifs is 1. The largest absolute Gasteiger partial charge is 0.361 e.